The topological polar surface area (TPSA) is 146 Å². The van der Waals surface area contributed by atoms with Gasteiger partial charge in [-0.2, -0.15) is 0 Å². The Morgan fingerprint density at radius 2 is 2.05 bits per heavy atom. The lowest BCUT2D eigenvalue weighted by molar-refractivity contribution is -0.125. The molecule has 0 bridgehead atoms. The van der Waals surface area contributed by atoms with Crippen LogP contribution in [0.3, 0.4) is 0 Å². The third-order valence-corrected chi connectivity index (χ3v) is 6.63. The van der Waals surface area contributed by atoms with Crippen molar-refractivity contribution in [2.75, 3.05) is 12.4 Å². The molecule has 2 aromatic carbocycles. The van der Waals surface area contributed by atoms with E-state index in [0.29, 0.717) is 39.8 Å². The van der Waals surface area contributed by atoms with Crippen LogP contribution in [-0.2, 0) is 11.3 Å². The fourth-order valence-corrected chi connectivity index (χ4v) is 4.34. The lowest BCUT2D eigenvalue weighted by Crippen LogP contribution is -2.45. The molecule has 1 aliphatic rings. The number of hydrogen-bond acceptors (Lipinski definition) is 8. The Morgan fingerprint density at radius 3 is 2.76 bits per heavy atom. The van der Waals surface area contributed by atoms with Gasteiger partial charge in [-0.05, 0) is 43.2 Å². The molecule has 0 aliphatic carbocycles. The van der Waals surface area contributed by atoms with Gasteiger partial charge in [0.25, 0.3) is 5.91 Å². The quantitative estimate of drug-likeness (QED) is 0.305. The van der Waals surface area contributed by atoms with Gasteiger partial charge in [0.05, 0.1) is 35.8 Å². The van der Waals surface area contributed by atoms with Crippen molar-refractivity contribution in [2.24, 2.45) is 5.73 Å². The maximum Gasteiger partial charge on any atom is 0.255 e. The second kappa shape index (κ2) is 11.3. The van der Waals surface area contributed by atoms with Crippen LogP contribution < -0.4 is 21.1 Å². The fraction of sp³-hybridized carbons (Fsp3) is 0.222. The van der Waals surface area contributed by atoms with Gasteiger partial charge >= 0.3 is 0 Å². The number of aromatic nitrogens is 2. The largest absolute Gasteiger partial charge is 0.497 e. The molecular formula is C27H28ClN7O3. The molecule has 2 heterocycles. The van der Waals surface area contributed by atoms with E-state index >= 15 is 0 Å². The van der Waals surface area contributed by atoms with Crippen LogP contribution in [0.4, 0.5) is 5.95 Å². The maximum absolute atomic E-state index is 13.3. The van der Waals surface area contributed by atoms with Gasteiger partial charge in [-0.1, -0.05) is 35.9 Å². The molecule has 3 aromatic rings. The number of hydrogen-bond donors (Lipinski definition) is 4. The molecular weight excluding hydrogens is 506 g/mol. The summed E-state index contributed by atoms with van der Waals surface area (Å²) in [6, 6.07) is 11.9. The number of carbonyl (C=O) groups excluding carboxylic acids is 2. The van der Waals surface area contributed by atoms with Crippen molar-refractivity contribution in [3.05, 3.63) is 82.3 Å². The number of benzene rings is 2. The molecule has 4 rings (SSSR count). The van der Waals surface area contributed by atoms with Gasteiger partial charge in [-0.3, -0.25) is 9.59 Å². The second-order valence-corrected chi connectivity index (χ2v) is 9.18. The van der Waals surface area contributed by atoms with Crippen molar-refractivity contribution in [3.8, 4) is 17.0 Å². The van der Waals surface area contributed by atoms with Crippen LogP contribution in [0.1, 0.15) is 41.4 Å². The van der Waals surface area contributed by atoms with E-state index in [2.05, 4.69) is 20.6 Å². The standard InChI is InChI=1S/C27H28ClN7O3/c1-15(17-5-4-6-21(9-17)38-3)32-25(36)16(2)35-14-19-8-7-18(10-22(19)26(35)37)24-23(28)13-31-27(34-24)33-20(11-29)12-30/h4-13,15-16,29H,14,30H2,1-3H3,(H,32,36)(H,31,33,34)/b20-12+,29-11?/t15-,16-/m1/s1. The van der Waals surface area contributed by atoms with Crippen LogP contribution in [0.15, 0.2) is 60.6 Å². The Hall–Kier alpha value is -4.44. The molecule has 0 spiro atoms. The fourth-order valence-electron chi connectivity index (χ4n) is 4.14. The van der Waals surface area contributed by atoms with Crippen LogP contribution in [0.2, 0.25) is 5.02 Å². The minimum atomic E-state index is -0.688. The summed E-state index contributed by atoms with van der Waals surface area (Å²) < 4.78 is 5.27. The summed E-state index contributed by atoms with van der Waals surface area (Å²) in [4.78, 5) is 36.5. The summed E-state index contributed by atoms with van der Waals surface area (Å²) in [5.41, 5.74) is 9.01. The van der Waals surface area contributed by atoms with Gasteiger partial charge in [-0.15, -0.1) is 0 Å². The minimum absolute atomic E-state index is 0.202. The highest BCUT2D eigenvalue weighted by atomic mass is 35.5. The number of amides is 2. The number of methoxy groups -OCH3 is 1. The minimum Gasteiger partial charge on any atom is -0.497 e. The number of fused-ring (bicyclic) bond motifs is 1. The Labute approximate surface area is 225 Å². The lowest BCUT2D eigenvalue weighted by Gasteiger charge is -2.25. The zero-order valence-corrected chi connectivity index (χ0v) is 21.9. The normalized spacial score (nSPS) is 14.5. The molecule has 0 unspecified atom stereocenters. The summed E-state index contributed by atoms with van der Waals surface area (Å²) in [5, 5.41) is 13.5. The van der Waals surface area contributed by atoms with Crippen LogP contribution in [0, 0.1) is 5.41 Å². The predicted molar refractivity (Wildman–Crippen MR) is 146 cm³/mol. The summed E-state index contributed by atoms with van der Waals surface area (Å²) in [5.74, 6) is 0.397. The molecule has 0 fully saturated rings. The van der Waals surface area contributed by atoms with E-state index in [4.69, 9.17) is 27.5 Å². The first-order chi connectivity index (χ1) is 18.2. The van der Waals surface area contributed by atoms with Crippen LogP contribution >= 0.6 is 11.6 Å². The van der Waals surface area contributed by atoms with E-state index in [1.54, 1.807) is 25.0 Å². The summed E-state index contributed by atoms with van der Waals surface area (Å²) in [6.07, 6.45) is 3.69. The first-order valence-electron chi connectivity index (χ1n) is 11.9. The molecule has 2 amide bonds. The molecule has 1 aromatic heterocycles. The number of anilines is 1. The number of nitrogens with two attached hydrogens (primary N) is 1. The highest BCUT2D eigenvalue weighted by Crippen LogP contribution is 2.32. The van der Waals surface area contributed by atoms with Gasteiger partial charge in [0.15, 0.2) is 0 Å². The van der Waals surface area contributed by atoms with Gasteiger partial charge in [0.2, 0.25) is 11.9 Å². The number of halogens is 1. The third kappa shape index (κ3) is 5.45. The van der Waals surface area contributed by atoms with E-state index < -0.39 is 6.04 Å². The number of rotatable bonds is 9. The molecule has 2 atom stereocenters. The van der Waals surface area contributed by atoms with Crippen LogP contribution in [0.5, 0.6) is 5.75 Å². The lowest BCUT2D eigenvalue weighted by atomic mass is 10.0. The average molecular weight is 534 g/mol. The molecule has 0 radical (unpaired) electrons. The molecule has 0 saturated carbocycles. The van der Waals surface area contributed by atoms with Crippen molar-refractivity contribution < 1.29 is 14.3 Å². The van der Waals surface area contributed by atoms with Crippen molar-refractivity contribution in [2.45, 2.75) is 32.5 Å². The van der Waals surface area contributed by atoms with Crippen molar-refractivity contribution >= 4 is 35.6 Å². The molecule has 10 nitrogen and oxygen atoms in total. The van der Waals surface area contributed by atoms with Crippen LogP contribution in [0.25, 0.3) is 11.3 Å². The van der Waals surface area contributed by atoms with E-state index in [1.807, 2.05) is 43.3 Å². The number of ether oxygens (including phenoxy) is 1. The third-order valence-electron chi connectivity index (χ3n) is 6.35. The van der Waals surface area contributed by atoms with Crippen molar-refractivity contribution in [3.63, 3.8) is 0 Å². The first kappa shape index (κ1) is 26.6. The number of nitrogens with one attached hydrogen (secondary N) is 3. The van der Waals surface area contributed by atoms with Gasteiger partial charge < -0.3 is 31.4 Å². The second-order valence-electron chi connectivity index (χ2n) is 8.77. The summed E-state index contributed by atoms with van der Waals surface area (Å²) in [7, 11) is 1.59. The highest BCUT2D eigenvalue weighted by Gasteiger charge is 2.34. The average Bonchev–Trinajstić information content (AvgIpc) is 3.27. The molecule has 11 heteroatoms. The molecule has 196 valence electrons. The van der Waals surface area contributed by atoms with Gasteiger partial charge in [0.1, 0.15) is 11.8 Å². The molecule has 0 saturated heterocycles. The number of carbonyl (C=O) groups is 2. The van der Waals surface area contributed by atoms with Crippen LogP contribution in [-0.4, -0.2) is 46.0 Å². The monoisotopic (exact) mass is 533 g/mol. The zero-order valence-electron chi connectivity index (χ0n) is 21.2. The van der Waals surface area contributed by atoms with Crippen molar-refractivity contribution in [1.82, 2.24) is 20.2 Å². The number of nitrogens with zero attached hydrogens (tertiary/aromatic N) is 3. The highest BCUT2D eigenvalue weighted by molar-refractivity contribution is 6.33. The van der Waals surface area contributed by atoms with E-state index in [1.165, 1.54) is 12.4 Å². The SMILES string of the molecule is COc1cccc([C@@H](C)NC(=O)[C@@H](C)N2Cc3ccc(-c4nc(N/C(C=N)=C/N)ncc4Cl)cc3C2=O)c1. The summed E-state index contributed by atoms with van der Waals surface area (Å²) >= 11 is 6.37. The van der Waals surface area contributed by atoms with Crippen molar-refractivity contribution in [1.29, 1.82) is 5.41 Å². The van der Waals surface area contributed by atoms with E-state index in [0.717, 1.165) is 17.3 Å². The van der Waals surface area contributed by atoms with E-state index in [-0.39, 0.29) is 23.8 Å². The first-order valence-corrected chi connectivity index (χ1v) is 12.2. The Bertz CT molecular complexity index is 1430. The molecule has 5 N–H and O–H groups in total. The predicted octanol–water partition coefficient (Wildman–Crippen LogP) is 3.89. The Morgan fingerprint density at radius 1 is 1.26 bits per heavy atom. The molecule has 38 heavy (non-hydrogen) atoms. The molecule has 1 aliphatic heterocycles. The Balaban J connectivity index is 1.51. The smallest absolute Gasteiger partial charge is 0.255 e. The van der Waals surface area contributed by atoms with E-state index in [9.17, 15) is 9.59 Å². The number of allylic oxidation sites excluding steroid dienone is 1. The van der Waals surface area contributed by atoms with Gasteiger partial charge in [-0.25, -0.2) is 9.97 Å². The summed E-state index contributed by atoms with van der Waals surface area (Å²) in [6.45, 7) is 3.91. The maximum atomic E-state index is 13.3. The van der Waals surface area contributed by atoms with Gasteiger partial charge in [0, 0.05) is 30.1 Å². The Kier molecular flexibility index (Phi) is 7.92. The zero-order chi connectivity index (χ0) is 27.4.